The first-order chi connectivity index (χ1) is 13.9. The molecule has 0 radical (unpaired) electrons. The van der Waals surface area contributed by atoms with Crippen molar-refractivity contribution in [2.75, 3.05) is 31.1 Å². The number of aromatic nitrogens is 5. The van der Waals surface area contributed by atoms with Crippen molar-refractivity contribution in [3.8, 4) is 0 Å². The minimum atomic E-state index is -0.528. The highest BCUT2D eigenvalue weighted by molar-refractivity contribution is 6.29. The second kappa shape index (κ2) is 7.36. The first kappa shape index (κ1) is 19.2. The molecule has 3 aromatic heterocycles. The molecular formula is C18H21ClN7O3+. The lowest BCUT2D eigenvalue weighted by molar-refractivity contribution is -0.364. The number of nitrogens with zero attached hydrogens (tertiary/aromatic N) is 6. The van der Waals surface area contributed by atoms with Gasteiger partial charge in [0.25, 0.3) is 11.4 Å². The van der Waals surface area contributed by atoms with E-state index in [1.54, 1.807) is 4.90 Å². The summed E-state index contributed by atoms with van der Waals surface area (Å²) >= 11 is 6.21. The third-order valence-electron chi connectivity index (χ3n) is 5.26. The number of fused-ring (bicyclic) bond motifs is 1. The quantitative estimate of drug-likeness (QED) is 0.521. The lowest BCUT2D eigenvalue weighted by Gasteiger charge is -2.31. The highest BCUT2D eigenvalue weighted by atomic mass is 35.5. The van der Waals surface area contributed by atoms with Gasteiger partial charge in [0.1, 0.15) is 19.6 Å². The van der Waals surface area contributed by atoms with Crippen molar-refractivity contribution in [1.29, 1.82) is 0 Å². The molecule has 4 heterocycles. The number of hydrogen-bond donors (Lipinski definition) is 0. The van der Waals surface area contributed by atoms with Gasteiger partial charge in [0.2, 0.25) is 11.2 Å². The fraction of sp³-hybridized carbons (Fsp3) is 0.389. The van der Waals surface area contributed by atoms with Crippen LogP contribution in [0.3, 0.4) is 0 Å². The van der Waals surface area contributed by atoms with E-state index in [0.29, 0.717) is 26.2 Å². The Morgan fingerprint density at radius 2 is 1.86 bits per heavy atom. The highest BCUT2D eigenvalue weighted by Crippen LogP contribution is 2.17. The van der Waals surface area contributed by atoms with Crippen LogP contribution in [0.4, 0.5) is 5.82 Å². The number of anilines is 1. The zero-order valence-electron chi connectivity index (χ0n) is 16.1. The van der Waals surface area contributed by atoms with Crippen LogP contribution in [0, 0.1) is 0 Å². The topological polar surface area (TPSA) is 99.5 Å². The fourth-order valence-corrected chi connectivity index (χ4v) is 3.80. The van der Waals surface area contributed by atoms with Crippen molar-refractivity contribution in [1.82, 2.24) is 23.6 Å². The summed E-state index contributed by atoms with van der Waals surface area (Å²) in [6.45, 7) is 2.40. The molecule has 1 aliphatic heterocycles. The number of piperazine rings is 1. The van der Waals surface area contributed by atoms with Crippen molar-refractivity contribution in [2.45, 2.75) is 6.54 Å². The summed E-state index contributed by atoms with van der Waals surface area (Å²) < 4.78 is 3.60. The van der Waals surface area contributed by atoms with Crippen LogP contribution in [-0.2, 0) is 25.4 Å². The molecule has 1 fully saturated rings. The standard InChI is InChI=1S/C18H20ClN7O3/c1-22-15-14(16(28)23(2)18(22)29)26(17(19)21-15)11-13(27)25-9-7-24(8-10-25)12-5-3-4-6-20-12/h3-6H,7-11H2,1-2H3/p+1. The van der Waals surface area contributed by atoms with E-state index in [9.17, 15) is 14.4 Å². The fourth-order valence-electron chi connectivity index (χ4n) is 3.58. The Balaban J connectivity index is 1.55. The molecule has 4 rings (SSSR count). The summed E-state index contributed by atoms with van der Waals surface area (Å²) in [5.41, 5.74) is -0.713. The Bertz CT molecular complexity index is 1190. The normalized spacial score (nSPS) is 14.6. The average Bonchev–Trinajstić information content (AvgIpc) is 3.07. The van der Waals surface area contributed by atoms with Gasteiger partial charge in [-0.15, -0.1) is 0 Å². The van der Waals surface area contributed by atoms with Gasteiger partial charge in [0.15, 0.2) is 11.2 Å². The van der Waals surface area contributed by atoms with Crippen LogP contribution in [0.25, 0.3) is 11.2 Å². The zero-order valence-corrected chi connectivity index (χ0v) is 16.9. The number of carbonyl (C=O) groups is 1. The second-order valence-electron chi connectivity index (χ2n) is 6.96. The smallest absolute Gasteiger partial charge is 0.332 e. The van der Waals surface area contributed by atoms with Crippen LogP contribution in [0.15, 0.2) is 34.0 Å². The first-order valence-electron chi connectivity index (χ1n) is 9.19. The predicted octanol–water partition coefficient (Wildman–Crippen LogP) is -0.750. The largest absolute Gasteiger partial charge is 0.333 e. The third kappa shape index (κ3) is 3.29. The Labute approximate surface area is 170 Å². The summed E-state index contributed by atoms with van der Waals surface area (Å²) in [6, 6.07) is 5.88. The van der Waals surface area contributed by atoms with Crippen molar-refractivity contribution in [3.05, 3.63) is 50.5 Å². The van der Waals surface area contributed by atoms with Crippen molar-refractivity contribution >= 4 is 34.5 Å². The van der Waals surface area contributed by atoms with Crippen LogP contribution in [0.5, 0.6) is 0 Å². The maximum atomic E-state index is 12.9. The number of aromatic amines is 1. The van der Waals surface area contributed by atoms with E-state index in [0.717, 1.165) is 10.4 Å². The van der Waals surface area contributed by atoms with Crippen LogP contribution < -0.4 is 21.1 Å². The lowest BCUT2D eigenvalue weighted by atomic mass is 10.3. The number of hydrogen-bond acceptors (Lipinski definition) is 5. The van der Waals surface area contributed by atoms with Crippen LogP contribution >= 0.6 is 11.6 Å². The molecule has 0 unspecified atom stereocenters. The van der Waals surface area contributed by atoms with Gasteiger partial charge >= 0.3 is 5.69 Å². The Hall–Kier alpha value is -3.14. The molecule has 1 amide bonds. The molecule has 0 aliphatic carbocycles. The molecule has 0 aromatic carbocycles. The van der Waals surface area contributed by atoms with Gasteiger partial charge in [0, 0.05) is 20.2 Å². The molecular weight excluding hydrogens is 398 g/mol. The first-order valence-corrected chi connectivity index (χ1v) is 9.57. The number of pyridine rings is 1. The number of amides is 1. The van der Waals surface area contributed by atoms with Crippen molar-refractivity contribution in [2.24, 2.45) is 14.1 Å². The number of rotatable bonds is 3. The number of imidazole rings is 1. The molecule has 1 saturated heterocycles. The second-order valence-corrected chi connectivity index (χ2v) is 7.30. The van der Waals surface area contributed by atoms with Gasteiger partial charge in [-0.1, -0.05) is 6.07 Å². The van der Waals surface area contributed by atoms with E-state index in [4.69, 9.17) is 11.6 Å². The van der Waals surface area contributed by atoms with Crippen LogP contribution in [0.1, 0.15) is 0 Å². The van der Waals surface area contributed by atoms with Gasteiger partial charge in [-0.25, -0.2) is 9.78 Å². The Morgan fingerprint density at radius 3 is 2.52 bits per heavy atom. The highest BCUT2D eigenvalue weighted by Gasteiger charge is 2.27. The predicted molar refractivity (Wildman–Crippen MR) is 107 cm³/mol. The summed E-state index contributed by atoms with van der Waals surface area (Å²) in [4.78, 5) is 48.8. The molecule has 152 valence electrons. The number of H-pyrrole nitrogens is 1. The Kier molecular flexibility index (Phi) is 4.87. The third-order valence-corrected chi connectivity index (χ3v) is 5.55. The molecule has 29 heavy (non-hydrogen) atoms. The van der Waals surface area contributed by atoms with E-state index in [2.05, 4.69) is 14.9 Å². The van der Waals surface area contributed by atoms with Gasteiger partial charge in [0.05, 0.1) is 19.3 Å². The van der Waals surface area contributed by atoms with Gasteiger partial charge in [-0.3, -0.25) is 28.2 Å². The Morgan fingerprint density at radius 1 is 1.14 bits per heavy atom. The molecule has 1 aliphatic rings. The van der Waals surface area contributed by atoms with E-state index >= 15 is 0 Å². The van der Waals surface area contributed by atoms with Gasteiger partial charge < -0.3 is 4.90 Å². The number of carbonyl (C=O) groups excluding carboxylic acids is 1. The maximum Gasteiger partial charge on any atom is 0.332 e. The summed E-state index contributed by atoms with van der Waals surface area (Å²) in [5, 5.41) is 0.00386. The monoisotopic (exact) mass is 418 g/mol. The summed E-state index contributed by atoms with van der Waals surface area (Å²) in [6.07, 6.45) is 1.87. The van der Waals surface area contributed by atoms with Crippen LogP contribution in [0.2, 0.25) is 5.28 Å². The van der Waals surface area contributed by atoms with Gasteiger partial charge in [-0.05, 0) is 17.7 Å². The summed E-state index contributed by atoms with van der Waals surface area (Å²) in [7, 11) is 2.90. The minimum Gasteiger partial charge on any atom is -0.333 e. The van der Waals surface area contributed by atoms with E-state index in [-0.39, 0.29) is 28.9 Å². The number of halogens is 1. The number of aryl methyl sites for hydroxylation is 1. The maximum absolute atomic E-state index is 12.9. The average molecular weight is 419 g/mol. The lowest BCUT2D eigenvalue weighted by Crippen LogP contribution is -2.50. The molecule has 0 saturated carbocycles. The van der Waals surface area contributed by atoms with Gasteiger partial charge in [-0.2, -0.15) is 4.98 Å². The molecule has 10 nitrogen and oxygen atoms in total. The van der Waals surface area contributed by atoms with Crippen LogP contribution in [-0.4, -0.2) is 55.7 Å². The van der Waals surface area contributed by atoms with E-state index in [1.807, 2.05) is 24.4 Å². The molecule has 0 spiro atoms. The molecule has 0 bridgehead atoms. The molecule has 0 atom stereocenters. The zero-order chi connectivity index (χ0) is 20.7. The van der Waals surface area contributed by atoms with Crippen molar-refractivity contribution in [3.63, 3.8) is 0 Å². The van der Waals surface area contributed by atoms with E-state index < -0.39 is 11.2 Å². The SMILES string of the molecule is Cn1c(=O)c2c(nc(Cl)n2CC(=O)N2CCN(c3cccc[nH+]3)CC2)n(C)c1=O. The minimum absolute atomic E-state index is 0.00386. The molecule has 1 N–H and O–H groups in total. The van der Waals surface area contributed by atoms with E-state index in [1.165, 1.54) is 23.2 Å². The van der Waals surface area contributed by atoms with Crippen molar-refractivity contribution < 1.29 is 9.78 Å². The number of nitrogens with one attached hydrogen (secondary N) is 1. The molecule has 11 heteroatoms. The molecule has 3 aromatic rings. The summed E-state index contributed by atoms with van der Waals surface area (Å²) in [5.74, 6) is 0.853.